The van der Waals surface area contributed by atoms with Crippen LogP contribution in [0.5, 0.6) is 5.75 Å². The van der Waals surface area contributed by atoms with Crippen molar-refractivity contribution in [2.24, 2.45) is 0 Å². The molecule has 0 fully saturated rings. The van der Waals surface area contributed by atoms with E-state index in [0.29, 0.717) is 23.6 Å². The van der Waals surface area contributed by atoms with Crippen LogP contribution in [-0.4, -0.2) is 26.5 Å². The van der Waals surface area contributed by atoms with E-state index in [0.717, 1.165) is 17.8 Å². The fourth-order valence-corrected chi connectivity index (χ4v) is 2.28. The van der Waals surface area contributed by atoms with Crippen molar-refractivity contribution in [1.82, 2.24) is 0 Å². The molecule has 0 atom stereocenters. The van der Waals surface area contributed by atoms with E-state index in [2.05, 4.69) is 4.90 Å². The van der Waals surface area contributed by atoms with Gasteiger partial charge in [-0.1, -0.05) is 11.6 Å². The molecule has 86 valence electrons. The quantitative estimate of drug-likeness (QED) is 0.753. The summed E-state index contributed by atoms with van der Waals surface area (Å²) in [5.41, 5.74) is 1.91. The molecule has 0 unspecified atom stereocenters. The Hall–Kier alpha value is -1.22. The van der Waals surface area contributed by atoms with E-state index in [1.165, 1.54) is 0 Å². The first-order chi connectivity index (χ1) is 7.63. The lowest BCUT2D eigenvalue weighted by molar-refractivity contribution is -0.118. The van der Waals surface area contributed by atoms with Gasteiger partial charge in [0, 0.05) is 37.7 Å². The summed E-state index contributed by atoms with van der Waals surface area (Å²) >= 11 is 6.23. The van der Waals surface area contributed by atoms with Crippen molar-refractivity contribution < 1.29 is 9.53 Å². The zero-order valence-corrected chi connectivity index (χ0v) is 10.2. The lowest BCUT2D eigenvalue weighted by Gasteiger charge is -2.20. The van der Waals surface area contributed by atoms with Gasteiger partial charge in [-0.25, -0.2) is 0 Å². The standard InChI is InChI=1S/C12H14ClNO2/c1-14-6-5-8(15)7-9-10(14)3-4-11(16-2)12(9)13/h3-4H,5-7H2,1-2H3. The highest BCUT2D eigenvalue weighted by Gasteiger charge is 2.21. The zero-order chi connectivity index (χ0) is 11.7. The summed E-state index contributed by atoms with van der Waals surface area (Å²) in [4.78, 5) is 13.7. The van der Waals surface area contributed by atoms with Crippen molar-refractivity contribution >= 4 is 23.1 Å². The number of halogens is 1. The molecule has 1 heterocycles. The number of anilines is 1. The van der Waals surface area contributed by atoms with Crippen LogP contribution < -0.4 is 9.64 Å². The normalized spacial score (nSPS) is 15.7. The van der Waals surface area contributed by atoms with Crippen molar-refractivity contribution in [1.29, 1.82) is 0 Å². The van der Waals surface area contributed by atoms with Crippen LogP contribution in [-0.2, 0) is 11.2 Å². The molecule has 0 aromatic heterocycles. The maximum absolute atomic E-state index is 11.6. The lowest BCUT2D eigenvalue weighted by atomic mass is 10.1. The molecule has 3 nitrogen and oxygen atoms in total. The minimum atomic E-state index is 0.223. The monoisotopic (exact) mass is 239 g/mol. The summed E-state index contributed by atoms with van der Waals surface area (Å²) in [5, 5.41) is 0.558. The summed E-state index contributed by atoms with van der Waals surface area (Å²) in [6.45, 7) is 0.745. The predicted octanol–water partition coefficient (Wildman–Crippen LogP) is 2.30. The lowest BCUT2D eigenvalue weighted by Crippen LogP contribution is -2.18. The topological polar surface area (TPSA) is 29.5 Å². The van der Waals surface area contributed by atoms with Crippen LogP contribution >= 0.6 is 11.6 Å². The Morgan fingerprint density at radius 3 is 2.88 bits per heavy atom. The maximum Gasteiger partial charge on any atom is 0.139 e. The average Bonchev–Trinajstić information content (AvgIpc) is 2.41. The number of Topliss-reactive ketones (excluding diaryl/α,β-unsaturated/α-hetero) is 1. The number of carbonyl (C=O) groups excluding carboxylic acids is 1. The van der Waals surface area contributed by atoms with Gasteiger partial charge in [0.05, 0.1) is 12.1 Å². The summed E-state index contributed by atoms with van der Waals surface area (Å²) in [6.07, 6.45) is 0.972. The minimum absolute atomic E-state index is 0.223. The van der Waals surface area contributed by atoms with Gasteiger partial charge in [-0.2, -0.15) is 0 Å². The molecule has 0 spiro atoms. The van der Waals surface area contributed by atoms with Gasteiger partial charge < -0.3 is 9.64 Å². The van der Waals surface area contributed by atoms with E-state index in [9.17, 15) is 4.79 Å². The van der Waals surface area contributed by atoms with Crippen LogP contribution in [0, 0.1) is 0 Å². The van der Waals surface area contributed by atoms with Crippen LogP contribution in [0.4, 0.5) is 5.69 Å². The van der Waals surface area contributed by atoms with Crippen molar-refractivity contribution in [2.75, 3.05) is 25.6 Å². The SMILES string of the molecule is COc1ccc2c(c1Cl)CC(=O)CCN2C. The summed E-state index contributed by atoms with van der Waals surface area (Å²) in [5.74, 6) is 0.851. The molecule has 1 aliphatic rings. The second-order valence-corrected chi connectivity index (χ2v) is 4.34. The van der Waals surface area contributed by atoms with Crippen molar-refractivity contribution in [3.05, 3.63) is 22.7 Å². The van der Waals surface area contributed by atoms with Gasteiger partial charge in [-0.3, -0.25) is 4.79 Å². The number of benzene rings is 1. The summed E-state index contributed by atoms with van der Waals surface area (Å²) in [7, 11) is 3.55. The van der Waals surface area contributed by atoms with Crippen LogP contribution in [0.25, 0.3) is 0 Å². The zero-order valence-electron chi connectivity index (χ0n) is 9.42. The second-order valence-electron chi connectivity index (χ2n) is 3.97. The number of carbonyl (C=O) groups is 1. The number of fused-ring (bicyclic) bond motifs is 1. The van der Waals surface area contributed by atoms with Gasteiger partial charge >= 0.3 is 0 Å². The first-order valence-electron chi connectivity index (χ1n) is 5.21. The molecule has 2 rings (SSSR count). The molecule has 0 aliphatic carbocycles. The molecule has 4 heteroatoms. The summed E-state index contributed by atoms with van der Waals surface area (Å²) in [6, 6.07) is 3.80. The van der Waals surface area contributed by atoms with E-state index in [4.69, 9.17) is 16.3 Å². The molecule has 0 saturated carbocycles. The third-order valence-corrected chi connectivity index (χ3v) is 3.33. The molecule has 16 heavy (non-hydrogen) atoms. The molecular weight excluding hydrogens is 226 g/mol. The van der Waals surface area contributed by atoms with Crippen LogP contribution in [0.2, 0.25) is 5.02 Å². The molecular formula is C12H14ClNO2. The Kier molecular flexibility index (Phi) is 3.06. The fourth-order valence-electron chi connectivity index (χ4n) is 1.97. The number of rotatable bonds is 1. The van der Waals surface area contributed by atoms with Gasteiger partial charge in [0.2, 0.25) is 0 Å². The molecule has 1 aromatic rings. The third-order valence-electron chi connectivity index (χ3n) is 2.91. The Balaban J connectivity index is 2.55. The largest absolute Gasteiger partial charge is 0.495 e. The molecule has 0 bridgehead atoms. The minimum Gasteiger partial charge on any atom is -0.495 e. The van der Waals surface area contributed by atoms with E-state index in [1.807, 2.05) is 19.2 Å². The molecule has 1 aliphatic heterocycles. The van der Waals surface area contributed by atoms with Gasteiger partial charge in [0.15, 0.2) is 0 Å². The van der Waals surface area contributed by atoms with Crippen molar-refractivity contribution in [3.8, 4) is 5.75 Å². The number of hydrogen-bond acceptors (Lipinski definition) is 3. The molecule has 0 N–H and O–H groups in total. The Labute approximate surface area is 100.0 Å². The van der Waals surface area contributed by atoms with Crippen LogP contribution in [0.3, 0.4) is 0 Å². The number of nitrogens with zero attached hydrogens (tertiary/aromatic N) is 1. The van der Waals surface area contributed by atoms with Crippen LogP contribution in [0.1, 0.15) is 12.0 Å². The Morgan fingerprint density at radius 2 is 2.19 bits per heavy atom. The third kappa shape index (κ3) is 1.87. The molecule has 0 amide bonds. The Morgan fingerprint density at radius 1 is 1.44 bits per heavy atom. The second kappa shape index (κ2) is 4.34. The highest BCUT2D eigenvalue weighted by molar-refractivity contribution is 6.33. The van der Waals surface area contributed by atoms with E-state index in [-0.39, 0.29) is 5.78 Å². The number of methoxy groups -OCH3 is 1. The van der Waals surface area contributed by atoms with Gasteiger partial charge in [0.25, 0.3) is 0 Å². The van der Waals surface area contributed by atoms with Gasteiger partial charge in [-0.05, 0) is 12.1 Å². The smallest absolute Gasteiger partial charge is 0.139 e. The Bertz CT molecular complexity index is 431. The van der Waals surface area contributed by atoms with Crippen molar-refractivity contribution in [3.63, 3.8) is 0 Å². The first kappa shape index (κ1) is 11.3. The van der Waals surface area contributed by atoms with E-state index in [1.54, 1.807) is 7.11 Å². The average molecular weight is 240 g/mol. The summed E-state index contributed by atoms with van der Waals surface area (Å²) < 4.78 is 5.16. The highest BCUT2D eigenvalue weighted by atomic mass is 35.5. The highest BCUT2D eigenvalue weighted by Crippen LogP contribution is 2.36. The van der Waals surface area contributed by atoms with E-state index >= 15 is 0 Å². The molecule has 0 saturated heterocycles. The number of hydrogen-bond donors (Lipinski definition) is 0. The fraction of sp³-hybridized carbons (Fsp3) is 0.417. The first-order valence-corrected chi connectivity index (χ1v) is 5.59. The van der Waals surface area contributed by atoms with Crippen molar-refractivity contribution in [2.45, 2.75) is 12.8 Å². The van der Waals surface area contributed by atoms with Crippen LogP contribution in [0.15, 0.2) is 12.1 Å². The van der Waals surface area contributed by atoms with Gasteiger partial charge in [-0.15, -0.1) is 0 Å². The number of ketones is 1. The predicted molar refractivity (Wildman–Crippen MR) is 64.6 cm³/mol. The molecule has 1 aromatic carbocycles. The maximum atomic E-state index is 11.6. The van der Waals surface area contributed by atoms with E-state index < -0.39 is 0 Å². The molecule has 0 radical (unpaired) electrons. The van der Waals surface area contributed by atoms with Gasteiger partial charge in [0.1, 0.15) is 11.5 Å². The number of ether oxygens (including phenoxy) is 1.